The molecule has 0 aliphatic rings. The van der Waals surface area contributed by atoms with Gasteiger partial charge >= 0.3 is 0 Å². The average Bonchev–Trinajstić information content (AvgIpc) is 3.65. The second-order valence-electron chi connectivity index (χ2n) is 8.64. The molecule has 5 aromatic rings. The van der Waals surface area contributed by atoms with Crippen LogP contribution in [-0.2, 0) is 0 Å². The number of hydrogen-bond acceptors (Lipinski definition) is 4. The largest absolute Gasteiger partial charge is 0.359 e. The van der Waals surface area contributed by atoms with Crippen molar-refractivity contribution in [3.8, 4) is 22.0 Å². The molecule has 0 unspecified atom stereocenters. The lowest BCUT2D eigenvalue weighted by molar-refractivity contribution is 0.829. The second-order valence-corrected chi connectivity index (χ2v) is 9.59. The van der Waals surface area contributed by atoms with Crippen molar-refractivity contribution in [2.24, 2.45) is 0 Å². The predicted molar refractivity (Wildman–Crippen MR) is 154 cm³/mol. The van der Waals surface area contributed by atoms with E-state index in [1.54, 1.807) is 11.3 Å². The zero-order valence-corrected chi connectivity index (χ0v) is 21.4. The first kappa shape index (κ1) is 23.6. The zero-order chi connectivity index (χ0) is 25.1. The Balaban J connectivity index is 1.54. The molecule has 0 radical (unpaired) electrons. The molecule has 0 bridgehead atoms. The molecule has 0 saturated heterocycles. The van der Waals surface area contributed by atoms with Crippen molar-refractivity contribution in [3.05, 3.63) is 102 Å². The Morgan fingerprint density at radius 3 is 2.72 bits per heavy atom. The topological polar surface area (TPSA) is 69.4 Å². The number of rotatable bonds is 9. The minimum absolute atomic E-state index is 0.887. The summed E-state index contributed by atoms with van der Waals surface area (Å²) in [6.45, 7) is 12.3. The van der Waals surface area contributed by atoms with Crippen LogP contribution in [0.2, 0.25) is 0 Å². The highest BCUT2D eigenvalue weighted by atomic mass is 32.1. The van der Waals surface area contributed by atoms with E-state index in [2.05, 4.69) is 99.5 Å². The zero-order valence-electron chi connectivity index (χ0n) is 20.6. The summed E-state index contributed by atoms with van der Waals surface area (Å²) < 4.78 is 0. The maximum Gasteiger partial charge on any atom is 0.116 e. The van der Waals surface area contributed by atoms with Crippen molar-refractivity contribution >= 4 is 38.7 Å². The van der Waals surface area contributed by atoms with Gasteiger partial charge in [-0.25, -0.2) is 0 Å². The summed E-state index contributed by atoms with van der Waals surface area (Å²) in [7, 11) is 0. The van der Waals surface area contributed by atoms with Gasteiger partial charge in [0.15, 0.2) is 0 Å². The number of benzene rings is 1. The van der Waals surface area contributed by atoms with Crippen LogP contribution in [0.4, 0.5) is 0 Å². The van der Waals surface area contributed by atoms with Crippen LogP contribution in [0.3, 0.4) is 0 Å². The van der Waals surface area contributed by atoms with E-state index in [9.17, 15) is 0 Å². The normalized spacial score (nSPS) is 12.4. The quantitative estimate of drug-likeness (QED) is 0.182. The molecular weight excluding hydrogens is 462 g/mol. The highest BCUT2D eigenvalue weighted by Crippen LogP contribution is 2.35. The molecule has 36 heavy (non-hydrogen) atoms. The lowest BCUT2D eigenvalue weighted by Gasteiger charge is -2.11. The van der Waals surface area contributed by atoms with Crippen LogP contribution in [0.5, 0.6) is 0 Å². The van der Waals surface area contributed by atoms with Gasteiger partial charge in [-0.2, -0.15) is 5.10 Å². The lowest BCUT2D eigenvalue weighted by atomic mass is 10.0. The summed E-state index contributed by atoms with van der Waals surface area (Å²) in [5, 5.41) is 15.5. The number of allylic oxidation sites excluding steroid dienone is 5. The highest BCUT2D eigenvalue weighted by molar-refractivity contribution is 7.13. The van der Waals surface area contributed by atoms with Crippen LogP contribution in [0.15, 0.2) is 96.8 Å². The molecule has 0 atom stereocenters. The summed E-state index contributed by atoms with van der Waals surface area (Å²) in [5.41, 5.74) is 8.98. The van der Waals surface area contributed by atoms with E-state index < -0.39 is 0 Å². The first-order valence-electron chi connectivity index (χ1n) is 12.1. The third kappa shape index (κ3) is 4.55. The molecule has 4 aromatic heterocycles. The first-order valence-corrected chi connectivity index (χ1v) is 12.9. The van der Waals surface area contributed by atoms with Crippen LogP contribution in [0.1, 0.15) is 32.3 Å². The Morgan fingerprint density at radius 1 is 1.11 bits per heavy atom. The lowest BCUT2D eigenvalue weighted by Crippen LogP contribution is -2.10. The summed E-state index contributed by atoms with van der Waals surface area (Å²) in [5.74, 6) is 0. The number of nitrogens with one attached hydrogen (secondary N) is 3. The number of H-pyrrole nitrogens is 2. The minimum Gasteiger partial charge on any atom is -0.359 e. The molecular formula is C30H29N5S. The molecule has 6 heteroatoms. The molecule has 5 nitrogen and oxygen atoms in total. The Morgan fingerprint density at radius 2 is 1.97 bits per heavy atom. The molecule has 1 aromatic carbocycles. The maximum absolute atomic E-state index is 4.67. The SMILES string of the molecule is C=C/C(=C\C(=C/C)c1ccc2[nH]nc(-c3cc4c(-c5cccs5)nccc4[nH]3)c2c1)NC(=C)CCC. The van der Waals surface area contributed by atoms with E-state index in [4.69, 9.17) is 0 Å². The number of pyridine rings is 1. The predicted octanol–water partition coefficient (Wildman–Crippen LogP) is 8.21. The van der Waals surface area contributed by atoms with Crippen molar-refractivity contribution in [3.63, 3.8) is 0 Å². The van der Waals surface area contributed by atoms with Crippen molar-refractivity contribution < 1.29 is 0 Å². The van der Waals surface area contributed by atoms with Crippen molar-refractivity contribution in [1.29, 1.82) is 0 Å². The van der Waals surface area contributed by atoms with Gasteiger partial charge < -0.3 is 10.3 Å². The van der Waals surface area contributed by atoms with Crippen LogP contribution in [0.25, 0.3) is 49.3 Å². The Kier molecular flexibility index (Phi) is 6.69. The van der Waals surface area contributed by atoms with Gasteiger partial charge in [-0.05, 0) is 72.3 Å². The van der Waals surface area contributed by atoms with Gasteiger partial charge in [-0.3, -0.25) is 10.1 Å². The third-order valence-electron chi connectivity index (χ3n) is 6.17. The molecule has 0 amide bonds. The summed E-state index contributed by atoms with van der Waals surface area (Å²) in [6.07, 6.45) is 9.87. The molecule has 4 heterocycles. The van der Waals surface area contributed by atoms with E-state index in [-0.39, 0.29) is 0 Å². The number of hydrogen-bond donors (Lipinski definition) is 3. The van der Waals surface area contributed by atoms with E-state index in [0.717, 1.165) is 79.1 Å². The Hall–Kier alpha value is -4.16. The molecule has 0 aliphatic carbocycles. The smallest absolute Gasteiger partial charge is 0.116 e. The molecule has 0 spiro atoms. The van der Waals surface area contributed by atoms with E-state index in [1.807, 2.05) is 25.3 Å². The second kappa shape index (κ2) is 10.2. The molecule has 0 aliphatic heterocycles. The number of aromatic nitrogens is 4. The van der Waals surface area contributed by atoms with Crippen LogP contribution >= 0.6 is 11.3 Å². The van der Waals surface area contributed by atoms with Crippen molar-refractivity contribution in [1.82, 2.24) is 25.5 Å². The molecule has 3 N–H and O–H groups in total. The van der Waals surface area contributed by atoms with Gasteiger partial charge in [0, 0.05) is 33.9 Å². The van der Waals surface area contributed by atoms with Gasteiger partial charge in [-0.15, -0.1) is 11.3 Å². The van der Waals surface area contributed by atoms with Gasteiger partial charge in [0.2, 0.25) is 0 Å². The number of nitrogens with zero attached hydrogens (tertiary/aromatic N) is 2. The Bertz CT molecular complexity index is 1610. The van der Waals surface area contributed by atoms with Gasteiger partial charge in [0.1, 0.15) is 5.69 Å². The molecule has 0 saturated carbocycles. The number of aromatic amines is 2. The monoisotopic (exact) mass is 491 g/mol. The van der Waals surface area contributed by atoms with E-state index in [1.165, 1.54) is 0 Å². The highest BCUT2D eigenvalue weighted by Gasteiger charge is 2.15. The van der Waals surface area contributed by atoms with Gasteiger partial charge in [0.25, 0.3) is 0 Å². The fraction of sp³-hybridized carbons (Fsp3) is 0.133. The summed E-state index contributed by atoms with van der Waals surface area (Å²) >= 11 is 1.69. The van der Waals surface area contributed by atoms with Crippen LogP contribution < -0.4 is 5.32 Å². The number of fused-ring (bicyclic) bond motifs is 2. The first-order chi connectivity index (χ1) is 17.6. The van der Waals surface area contributed by atoms with E-state index in [0.29, 0.717) is 0 Å². The standard InChI is InChI=1S/C30H29N5S/c1-5-9-19(4)32-22(7-3)16-20(6-2)21-11-12-26-23(17-21)29(35-34-26)27-18-24-25(33-27)13-14-31-30(24)28-10-8-15-36-28/h6-8,10-18,32-33H,3-5,9H2,1-2H3,(H,34,35)/b20-6+,22-16+. The Labute approximate surface area is 215 Å². The third-order valence-corrected chi connectivity index (χ3v) is 7.05. The fourth-order valence-electron chi connectivity index (χ4n) is 4.41. The number of thiophene rings is 1. The fourth-order valence-corrected chi connectivity index (χ4v) is 5.14. The minimum atomic E-state index is 0.887. The van der Waals surface area contributed by atoms with Gasteiger partial charge in [-0.1, -0.05) is 44.7 Å². The molecule has 180 valence electrons. The summed E-state index contributed by atoms with van der Waals surface area (Å²) in [4.78, 5) is 9.35. The maximum atomic E-state index is 4.67. The van der Waals surface area contributed by atoms with Crippen molar-refractivity contribution in [2.45, 2.75) is 26.7 Å². The van der Waals surface area contributed by atoms with Crippen molar-refractivity contribution in [2.75, 3.05) is 0 Å². The molecule has 0 fully saturated rings. The van der Waals surface area contributed by atoms with Crippen LogP contribution in [-0.4, -0.2) is 20.2 Å². The summed E-state index contributed by atoms with van der Waals surface area (Å²) in [6, 6.07) is 14.7. The van der Waals surface area contributed by atoms with Crippen LogP contribution in [0, 0.1) is 0 Å². The molecule has 5 rings (SSSR count). The van der Waals surface area contributed by atoms with E-state index >= 15 is 0 Å². The average molecular weight is 492 g/mol. The van der Waals surface area contributed by atoms with Gasteiger partial charge in [0.05, 0.1) is 21.8 Å².